The van der Waals surface area contributed by atoms with E-state index < -0.39 is 0 Å². The summed E-state index contributed by atoms with van der Waals surface area (Å²) < 4.78 is 1.66. The second-order valence-electron chi connectivity index (χ2n) is 7.97. The Balaban J connectivity index is 1.36. The molecule has 1 aliphatic carbocycles. The Bertz CT molecular complexity index is 1470. The molecule has 0 amide bonds. The second kappa shape index (κ2) is 8.46. The number of allylic oxidation sites excluding steroid dienone is 4. The molecule has 0 N–H and O–H groups in total. The number of imidazole rings is 1. The van der Waals surface area contributed by atoms with Crippen molar-refractivity contribution in [1.29, 1.82) is 10.5 Å². The minimum absolute atomic E-state index is 0.152. The molecule has 3 aromatic carbocycles. The van der Waals surface area contributed by atoms with E-state index in [0.717, 1.165) is 23.1 Å². The number of hydrogen-bond acceptors (Lipinski definition) is 3. The molecule has 1 heterocycles. The van der Waals surface area contributed by atoms with Crippen molar-refractivity contribution in [3.05, 3.63) is 108 Å². The van der Waals surface area contributed by atoms with Gasteiger partial charge >= 0.3 is 0 Å². The number of hydrogen-bond donors (Lipinski definition) is 0. The zero-order valence-corrected chi connectivity index (χ0v) is 18.2. The van der Waals surface area contributed by atoms with Crippen LogP contribution in [0.2, 0.25) is 0 Å². The maximum Gasteiger partial charge on any atom is 0.177 e. The minimum atomic E-state index is 0.152. The Labute approximate surface area is 193 Å². The van der Waals surface area contributed by atoms with E-state index in [4.69, 9.17) is 0 Å². The molecule has 0 aliphatic heterocycles. The standard InChI is InChI=1S/C29H20N4/c1-33-28(19-31)27(18-30)32-29(33)26-16-14-25(15-17-26)24-12-10-23(11-13-24)22-8-6-21(7-9-22)20-4-2-3-5-20/h2-4,6-17H,5H2,1H3. The lowest BCUT2D eigenvalue weighted by Crippen LogP contribution is -1.95. The Morgan fingerprint density at radius 1 is 0.697 bits per heavy atom. The van der Waals surface area contributed by atoms with E-state index in [1.807, 2.05) is 30.3 Å². The summed E-state index contributed by atoms with van der Waals surface area (Å²) in [7, 11) is 1.75. The molecule has 4 heteroatoms. The van der Waals surface area contributed by atoms with Crippen molar-refractivity contribution >= 4 is 5.57 Å². The SMILES string of the molecule is Cn1c(-c2ccc(-c3ccc(-c4ccc(C5=CC=CC5)cc4)cc3)cc2)nc(C#N)c1C#N. The van der Waals surface area contributed by atoms with Gasteiger partial charge in [0.05, 0.1) is 0 Å². The lowest BCUT2D eigenvalue weighted by molar-refractivity contribution is 0.907. The Hall–Kier alpha value is -4.67. The van der Waals surface area contributed by atoms with Crippen LogP contribution in [0.5, 0.6) is 0 Å². The van der Waals surface area contributed by atoms with Crippen molar-refractivity contribution in [2.45, 2.75) is 6.42 Å². The fourth-order valence-electron chi connectivity index (χ4n) is 4.17. The van der Waals surface area contributed by atoms with Crippen LogP contribution in [0.15, 0.2) is 91.0 Å². The van der Waals surface area contributed by atoms with Gasteiger partial charge in [-0.05, 0) is 39.8 Å². The Kier molecular flexibility index (Phi) is 5.19. The van der Waals surface area contributed by atoms with Gasteiger partial charge in [-0.3, -0.25) is 0 Å². The molecule has 4 aromatic rings. The topological polar surface area (TPSA) is 65.4 Å². The molecule has 1 aromatic heterocycles. The van der Waals surface area contributed by atoms with Gasteiger partial charge in [0.15, 0.2) is 11.4 Å². The third-order valence-electron chi connectivity index (χ3n) is 6.03. The molecule has 0 bridgehead atoms. The van der Waals surface area contributed by atoms with Crippen LogP contribution in [0.25, 0.3) is 39.2 Å². The number of benzene rings is 3. The zero-order valence-electron chi connectivity index (χ0n) is 18.2. The van der Waals surface area contributed by atoms with Crippen LogP contribution in [0.3, 0.4) is 0 Å². The van der Waals surface area contributed by atoms with Crippen LogP contribution < -0.4 is 0 Å². The van der Waals surface area contributed by atoms with Gasteiger partial charge in [0.1, 0.15) is 18.0 Å². The van der Waals surface area contributed by atoms with Crippen LogP contribution in [-0.2, 0) is 7.05 Å². The number of nitriles is 2. The van der Waals surface area contributed by atoms with Crippen molar-refractivity contribution in [3.8, 4) is 45.8 Å². The summed E-state index contributed by atoms with van der Waals surface area (Å²) in [4.78, 5) is 4.32. The zero-order chi connectivity index (χ0) is 22.8. The lowest BCUT2D eigenvalue weighted by atomic mass is 9.97. The molecule has 0 spiro atoms. The average molecular weight is 425 g/mol. The summed E-state index contributed by atoms with van der Waals surface area (Å²) in [6.45, 7) is 0. The molecular formula is C29H20N4. The first-order chi connectivity index (χ1) is 16.2. The first-order valence-electron chi connectivity index (χ1n) is 10.7. The maximum atomic E-state index is 9.28. The summed E-state index contributed by atoms with van der Waals surface area (Å²) in [5.41, 5.74) is 8.52. The molecule has 0 fully saturated rings. The molecule has 0 saturated heterocycles. The molecule has 0 unspecified atom stereocenters. The molecule has 0 radical (unpaired) electrons. The van der Waals surface area contributed by atoms with E-state index in [9.17, 15) is 10.5 Å². The summed E-state index contributed by atoms with van der Waals surface area (Å²) in [5, 5.41) is 18.5. The van der Waals surface area contributed by atoms with Crippen LogP contribution in [0, 0.1) is 22.7 Å². The van der Waals surface area contributed by atoms with Crippen molar-refractivity contribution in [3.63, 3.8) is 0 Å². The van der Waals surface area contributed by atoms with Crippen molar-refractivity contribution < 1.29 is 0 Å². The molecular weight excluding hydrogens is 404 g/mol. The van der Waals surface area contributed by atoms with E-state index in [0.29, 0.717) is 5.82 Å². The fourth-order valence-corrected chi connectivity index (χ4v) is 4.17. The van der Waals surface area contributed by atoms with E-state index in [1.54, 1.807) is 11.6 Å². The van der Waals surface area contributed by atoms with Crippen LogP contribution >= 0.6 is 0 Å². The van der Waals surface area contributed by atoms with Gasteiger partial charge in [0, 0.05) is 12.6 Å². The van der Waals surface area contributed by atoms with Gasteiger partial charge in [0.2, 0.25) is 0 Å². The fraction of sp³-hybridized carbons (Fsp3) is 0.0690. The number of nitrogens with zero attached hydrogens (tertiary/aromatic N) is 4. The lowest BCUT2D eigenvalue weighted by Gasteiger charge is -2.08. The smallest absolute Gasteiger partial charge is 0.177 e. The maximum absolute atomic E-state index is 9.28. The molecule has 33 heavy (non-hydrogen) atoms. The summed E-state index contributed by atoms with van der Waals surface area (Å²) in [5.74, 6) is 0.609. The molecule has 5 rings (SSSR count). The molecule has 1 aliphatic rings. The normalized spacial score (nSPS) is 12.3. The average Bonchev–Trinajstić information content (AvgIpc) is 3.52. The van der Waals surface area contributed by atoms with Gasteiger partial charge in [0.25, 0.3) is 0 Å². The predicted molar refractivity (Wildman–Crippen MR) is 131 cm³/mol. The van der Waals surface area contributed by atoms with Gasteiger partial charge in [-0.15, -0.1) is 0 Å². The van der Waals surface area contributed by atoms with E-state index in [-0.39, 0.29) is 11.4 Å². The van der Waals surface area contributed by atoms with Gasteiger partial charge < -0.3 is 4.57 Å². The minimum Gasteiger partial charge on any atom is -0.318 e. The number of rotatable bonds is 4. The monoisotopic (exact) mass is 424 g/mol. The highest BCUT2D eigenvalue weighted by molar-refractivity contribution is 5.75. The first-order valence-corrected chi connectivity index (χ1v) is 10.7. The van der Waals surface area contributed by atoms with E-state index in [1.165, 1.54) is 22.3 Å². The van der Waals surface area contributed by atoms with Crippen LogP contribution in [0.1, 0.15) is 23.4 Å². The highest BCUT2D eigenvalue weighted by Gasteiger charge is 2.15. The van der Waals surface area contributed by atoms with E-state index in [2.05, 4.69) is 77.8 Å². The van der Waals surface area contributed by atoms with Crippen LogP contribution in [-0.4, -0.2) is 9.55 Å². The van der Waals surface area contributed by atoms with Crippen molar-refractivity contribution in [2.24, 2.45) is 7.05 Å². The third kappa shape index (κ3) is 3.76. The summed E-state index contributed by atoms with van der Waals surface area (Å²) in [6.07, 6.45) is 7.47. The highest BCUT2D eigenvalue weighted by Crippen LogP contribution is 2.29. The van der Waals surface area contributed by atoms with Gasteiger partial charge in [-0.2, -0.15) is 10.5 Å². The Morgan fingerprint density at radius 2 is 1.18 bits per heavy atom. The Morgan fingerprint density at radius 3 is 1.58 bits per heavy atom. The highest BCUT2D eigenvalue weighted by atomic mass is 15.1. The number of aromatic nitrogens is 2. The molecule has 156 valence electrons. The van der Waals surface area contributed by atoms with E-state index >= 15 is 0 Å². The van der Waals surface area contributed by atoms with Crippen molar-refractivity contribution in [2.75, 3.05) is 0 Å². The third-order valence-corrected chi connectivity index (χ3v) is 6.03. The van der Waals surface area contributed by atoms with Crippen LogP contribution in [0.4, 0.5) is 0 Å². The summed E-state index contributed by atoms with van der Waals surface area (Å²) in [6, 6.07) is 29.3. The quantitative estimate of drug-likeness (QED) is 0.375. The van der Waals surface area contributed by atoms with Gasteiger partial charge in [-0.25, -0.2) is 4.98 Å². The summed E-state index contributed by atoms with van der Waals surface area (Å²) >= 11 is 0. The second-order valence-corrected chi connectivity index (χ2v) is 7.97. The van der Waals surface area contributed by atoms with Gasteiger partial charge in [-0.1, -0.05) is 91.0 Å². The molecule has 0 saturated carbocycles. The molecule has 0 atom stereocenters. The largest absolute Gasteiger partial charge is 0.318 e. The van der Waals surface area contributed by atoms with Crippen molar-refractivity contribution in [1.82, 2.24) is 9.55 Å². The first kappa shape index (κ1) is 20.2. The predicted octanol–water partition coefficient (Wildman–Crippen LogP) is 6.51. The molecule has 4 nitrogen and oxygen atoms in total.